The van der Waals surface area contributed by atoms with E-state index in [0.717, 1.165) is 24.1 Å². The zero-order valence-electron chi connectivity index (χ0n) is 15.9. The lowest BCUT2D eigenvalue weighted by Crippen LogP contribution is -2.49. The Morgan fingerprint density at radius 1 is 1.35 bits per heavy atom. The molecule has 4 atom stereocenters. The molecule has 3 rings (SSSR count). The van der Waals surface area contributed by atoms with Gasteiger partial charge in [-0.2, -0.15) is 0 Å². The van der Waals surface area contributed by atoms with E-state index in [9.17, 15) is 14.7 Å². The highest BCUT2D eigenvalue weighted by Gasteiger charge is 2.46. The zero-order chi connectivity index (χ0) is 18.9. The highest BCUT2D eigenvalue weighted by molar-refractivity contribution is 7.10. The Bertz CT molecular complexity index is 638. The molecule has 1 aromatic rings. The van der Waals surface area contributed by atoms with Crippen LogP contribution in [-0.4, -0.2) is 40.5 Å². The lowest BCUT2D eigenvalue weighted by atomic mass is 9.84. The molecule has 1 aliphatic carbocycles. The summed E-state index contributed by atoms with van der Waals surface area (Å²) < 4.78 is 0. The van der Waals surface area contributed by atoms with E-state index in [1.807, 2.05) is 22.4 Å². The fraction of sp³-hybridized carbons (Fsp3) is 0.700. The van der Waals surface area contributed by atoms with Crippen LogP contribution >= 0.6 is 11.3 Å². The maximum atomic E-state index is 12.9. The summed E-state index contributed by atoms with van der Waals surface area (Å²) in [5, 5.41) is 14.8. The van der Waals surface area contributed by atoms with Crippen LogP contribution in [0.5, 0.6) is 0 Å². The largest absolute Gasteiger partial charge is 0.480 e. The number of carbonyl (C=O) groups is 2. The van der Waals surface area contributed by atoms with Crippen LogP contribution in [0.4, 0.5) is 0 Å². The van der Waals surface area contributed by atoms with Gasteiger partial charge in [0.2, 0.25) is 5.91 Å². The Hall–Kier alpha value is -1.40. The van der Waals surface area contributed by atoms with E-state index in [2.05, 4.69) is 26.1 Å². The molecular formula is C20H30N2O3S. The maximum Gasteiger partial charge on any atom is 0.320 e. The number of amides is 1. The van der Waals surface area contributed by atoms with Crippen molar-refractivity contribution in [2.24, 2.45) is 11.3 Å². The molecule has 2 aliphatic rings. The fourth-order valence-electron chi connectivity index (χ4n) is 4.57. The highest BCUT2D eigenvalue weighted by Crippen LogP contribution is 2.40. The van der Waals surface area contributed by atoms with Gasteiger partial charge in [-0.05, 0) is 42.0 Å². The second-order valence-corrected chi connectivity index (χ2v) is 9.74. The van der Waals surface area contributed by atoms with E-state index in [1.54, 1.807) is 11.3 Å². The van der Waals surface area contributed by atoms with Gasteiger partial charge < -0.3 is 10.4 Å². The predicted octanol–water partition coefficient (Wildman–Crippen LogP) is 3.67. The molecule has 2 heterocycles. The normalized spacial score (nSPS) is 27.7. The standard InChI is InChI=1S/C20H30N2O3S/c1-20(2,3)18(16-9-6-10-26-16)21-17(23)12-22-14-8-5-4-7-13(14)11-15(22)19(24)25/h6,9-10,13-15,18H,4-5,7-8,11-12H2,1-3H3,(H,21,23)(H,24,25). The van der Waals surface area contributed by atoms with E-state index in [-0.39, 0.29) is 30.0 Å². The van der Waals surface area contributed by atoms with Crippen LogP contribution in [0.15, 0.2) is 17.5 Å². The van der Waals surface area contributed by atoms with Gasteiger partial charge in [-0.1, -0.05) is 39.7 Å². The lowest BCUT2D eigenvalue weighted by molar-refractivity contribution is -0.143. The maximum absolute atomic E-state index is 12.9. The quantitative estimate of drug-likeness (QED) is 0.820. The van der Waals surface area contributed by atoms with Gasteiger partial charge in [0.1, 0.15) is 6.04 Å². The number of hydrogen-bond donors (Lipinski definition) is 2. The number of likely N-dealkylation sites (tertiary alicyclic amines) is 1. The Kier molecular flexibility index (Phi) is 5.72. The Balaban J connectivity index is 1.72. The smallest absolute Gasteiger partial charge is 0.320 e. The molecular weight excluding hydrogens is 348 g/mol. The molecule has 0 aromatic carbocycles. The van der Waals surface area contributed by atoms with Gasteiger partial charge in [-0.25, -0.2) is 0 Å². The van der Waals surface area contributed by atoms with Crippen molar-refractivity contribution in [2.75, 3.05) is 6.54 Å². The van der Waals surface area contributed by atoms with E-state index >= 15 is 0 Å². The first-order valence-corrected chi connectivity index (χ1v) is 10.5. The molecule has 1 aliphatic heterocycles. The summed E-state index contributed by atoms with van der Waals surface area (Å²) in [6.45, 7) is 6.52. The first-order valence-electron chi connectivity index (χ1n) is 9.58. The summed E-state index contributed by atoms with van der Waals surface area (Å²) in [5.41, 5.74) is -0.106. The monoisotopic (exact) mass is 378 g/mol. The van der Waals surface area contributed by atoms with E-state index in [0.29, 0.717) is 12.3 Å². The fourth-order valence-corrected chi connectivity index (χ4v) is 5.59. The van der Waals surface area contributed by atoms with Crippen molar-refractivity contribution in [3.8, 4) is 0 Å². The van der Waals surface area contributed by atoms with Gasteiger partial charge in [0.15, 0.2) is 0 Å². The first-order chi connectivity index (χ1) is 12.3. The molecule has 1 amide bonds. The number of rotatable bonds is 5. The third-order valence-corrected chi connectivity index (χ3v) is 6.77. The molecule has 26 heavy (non-hydrogen) atoms. The van der Waals surface area contributed by atoms with Gasteiger partial charge in [-0.15, -0.1) is 11.3 Å². The van der Waals surface area contributed by atoms with Crippen LogP contribution in [0.3, 0.4) is 0 Å². The first kappa shape index (κ1) is 19.4. The molecule has 4 unspecified atom stereocenters. The average Bonchev–Trinajstić information content (AvgIpc) is 3.20. The van der Waals surface area contributed by atoms with E-state index in [1.165, 1.54) is 6.42 Å². The van der Waals surface area contributed by atoms with Crippen LogP contribution < -0.4 is 5.32 Å². The third kappa shape index (κ3) is 4.12. The Morgan fingerprint density at radius 3 is 2.69 bits per heavy atom. The molecule has 6 heteroatoms. The number of carboxylic acid groups (broad SMARTS) is 1. The molecule has 1 saturated heterocycles. The Labute approximate surface area is 159 Å². The van der Waals surface area contributed by atoms with Crippen molar-refractivity contribution < 1.29 is 14.7 Å². The highest BCUT2D eigenvalue weighted by atomic mass is 32.1. The van der Waals surface area contributed by atoms with Crippen molar-refractivity contribution in [3.63, 3.8) is 0 Å². The second kappa shape index (κ2) is 7.69. The van der Waals surface area contributed by atoms with Crippen molar-refractivity contribution in [1.29, 1.82) is 0 Å². The van der Waals surface area contributed by atoms with Crippen LogP contribution in [-0.2, 0) is 9.59 Å². The minimum Gasteiger partial charge on any atom is -0.480 e. The Morgan fingerprint density at radius 2 is 2.08 bits per heavy atom. The van der Waals surface area contributed by atoms with E-state index < -0.39 is 12.0 Å². The SMILES string of the molecule is CC(C)(C)C(NC(=O)CN1C(C(=O)O)CC2CCCCC21)c1cccs1. The molecule has 1 aromatic heterocycles. The van der Waals surface area contributed by atoms with Gasteiger partial charge in [0.25, 0.3) is 0 Å². The van der Waals surface area contributed by atoms with E-state index in [4.69, 9.17) is 0 Å². The van der Waals surface area contributed by atoms with Crippen molar-refractivity contribution >= 4 is 23.2 Å². The van der Waals surface area contributed by atoms with Gasteiger partial charge >= 0.3 is 5.97 Å². The zero-order valence-corrected chi connectivity index (χ0v) is 16.7. The van der Waals surface area contributed by atoms with Crippen LogP contribution in [0.2, 0.25) is 0 Å². The number of fused-ring (bicyclic) bond motifs is 1. The summed E-state index contributed by atoms with van der Waals surface area (Å²) in [7, 11) is 0. The topological polar surface area (TPSA) is 69.6 Å². The minimum atomic E-state index is -0.794. The number of thiophene rings is 1. The van der Waals surface area contributed by atoms with Crippen molar-refractivity contribution in [3.05, 3.63) is 22.4 Å². The molecule has 144 valence electrons. The predicted molar refractivity (Wildman–Crippen MR) is 103 cm³/mol. The molecule has 2 fully saturated rings. The van der Waals surface area contributed by atoms with Gasteiger partial charge in [0, 0.05) is 10.9 Å². The van der Waals surface area contributed by atoms with Crippen LogP contribution in [0.1, 0.15) is 63.8 Å². The van der Waals surface area contributed by atoms with Gasteiger partial charge in [-0.3, -0.25) is 14.5 Å². The number of carbonyl (C=O) groups excluding carboxylic acids is 1. The van der Waals surface area contributed by atoms with Crippen molar-refractivity contribution in [1.82, 2.24) is 10.2 Å². The molecule has 1 saturated carbocycles. The third-order valence-electron chi connectivity index (χ3n) is 5.83. The number of carboxylic acids is 1. The molecule has 5 nitrogen and oxygen atoms in total. The molecule has 2 N–H and O–H groups in total. The molecule has 0 spiro atoms. The number of hydrogen-bond acceptors (Lipinski definition) is 4. The summed E-state index contributed by atoms with van der Waals surface area (Å²) in [6, 6.07) is 3.70. The number of nitrogens with zero attached hydrogens (tertiary/aromatic N) is 1. The summed E-state index contributed by atoms with van der Waals surface area (Å²) >= 11 is 1.64. The summed E-state index contributed by atoms with van der Waals surface area (Å²) in [4.78, 5) is 27.7. The van der Waals surface area contributed by atoms with Crippen molar-refractivity contribution in [2.45, 2.75) is 71.0 Å². The summed E-state index contributed by atoms with van der Waals surface area (Å²) in [5.74, 6) is -0.443. The lowest BCUT2D eigenvalue weighted by Gasteiger charge is -2.34. The molecule has 0 radical (unpaired) electrons. The average molecular weight is 379 g/mol. The number of nitrogens with one attached hydrogen (secondary N) is 1. The van der Waals surface area contributed by atoms with Crippen LogP contribution in [0, 0.1) is 11.3 Å². The molecule has 0 bridgehead atoms. The minimum absolute atomic E-state index is 0.0666. The summed E-state index contributed by atoms with van der Waals surface area (Å²) in [6.07, 6.45) is 5.09. The second-order valence-electron chi connectivity index (χ2n) is 8.76. The van der Waals surface area contributed by atoms with Crippen LogP contribution in [0.25, 0.3) is 0 Å². The van der Waals surface area contributed by atoms with Gasteiger partial charge in [0.05, 0.1) is 12.6 Å². The number of aliphatic carboxylic acids is 1.